The first kappa shape index (κ1) is 59.8. The molecule has 0 aliphatic carbocycles. The molecule has 0 radical (unpaired) electrons. The Hall–Kier alpha value is -15.0. The molecule has 0 atom stereocenters. The number of hydrogen-bond donors (Lipinski definition) is 6. The van der Waals surface area contributed by atoms with Gasteiger partial charge in [-0.2, -0.15) is 0 Å². The van der Waals surface area contributed by atoms with Gasteiger partial charge in [-0.1, -0.05) is 279 Å². The molecule has 10 heterocycles. The first-order chi connectivity index (χ1) is 52.4. The molecule has 18 aromatic rings. The van der Waals surface area contributed by atoms with Crippen LogP contribution in [0.4, 0.5) is 0 Å². The minimum atomic E-state index is -0.274. The minimum Gasteiger partial charge on any atom is -0.504 e. The van der Waals surface area contributed by atoms with Crippen molar-refractivity contribution >= 4 is 88.3 Å². The zero-order chi connectivity index (χ0) is 70.1. The third kappa shape index (κ3) is 9.59. The van der Waals surface area contributed by atoms with Crippen molar-refractivity contribution in [3.8, 4) is 147 Å². The summed E-state index contributed by atoms with van der Waals surface area (Å²) >= 11 is 0. The van der Waals surface area contributed by atoms with Crippen molar-refractivity contribution in [1.82, 2.24) is 79.7 Å². The number of aromatic nitrogens is 16. The van der Waals surface area contributed by atoms with Crippen LogP contribution in [-0.4, -0.2) is 90.0 Å². The SMILES string of the molecule is Oc1c(O)c(-c2ccccc2)c2c3nc4nc(nc5[nH]c(nc6nc(nc([nH]3)c2c1-c1ccccc1)-c1ccccc1-6)c1ccccc51)-c1ccccc1-4.c1ccc(-c2ccc(-c3ccccc3)c3c4nc5nc(nc6[nH]c(nc7nc(nc([nH]4)c23)-c2ccccc2-7)c2ccccc62)-c2ccccc2-5)cc1. The molecular weight excluding hydrogens is 1310 g/mol. The monoisotopic (exact) mass is 1360 g/mol. The van der Waals surface area contributed by atoms with E-state index in [2.05, 4.69) is 80.6 Å². The van der Waals surface area contributed by atoms with Gasteiger partial charge in [0.2, 0.25) is 0 Å². The summed E-state index contributed by atoms with van der Waals surface area (Å²) in [4.78, 5) is 75.9. The molecule has 18 nitrogen and oxygen atoms in total. The maximum Gasteiger partial charge on any atom is 0.166 e. The lowest BCUT2D eigenvalue weighted by Gasteiger charge is -2.14. The summed E-state index contributed by atoms with van der Waals surface area (Å²) in [6.07, 6.45) is 0. The van der Waals surface area contributed by atoms with Crippen LogP contribution < -0.4 is 0 Å². The molecule has 18 heteroatoms. The highest BCUT2D eigenvalue weighted by Crippen LogP contribution is 2.53. The van der Waals surface area contributed by atoms with Gasteiger partial charge < -0.3 is 30.1 Å². The third-order valence-corrected chi connectivity index (χ3v) is 19.9. The molecule has 22 rings (SSSR count). The molecule has 6 aromatic heterocycles. The highest BCUT2D eigenvalue weighted by molar-refractivity contribution is 6.22. The Morgan fingerprint density at radius 2 is 0.368 bits per heavy atom. The molecule has 12 aromatic carbocycles. The predicted molar refractivity (Wildman–Crippen MR) is 417 cm³/mol. The van der Waals surface area contributed by atoms with E-state index in [-0.39, 0.29) is 11.5 Å². The first-order valence-corrected chi connectivity index (χ1v) is 34.6. The summed E-state index contributed by atoms with van der Waals surface area (Å²) in [6, 6.07) is 92.1. The summed E-state index contributed by atoms with van der Waals surface area (Å²) in [7, 11) is 0. The first-order valence-electron chi connectivity index (χ1n) is 34.6. The van der Waals surface area contributed by atoms with Crippen LogP contribution >= 0.6 is 0 Å². The van der Waals surface area contributed by atoms with Crippen LogP contribution in [0.5, 0.6) is 11.5 Å². The van der Waals surface area contributed by atoms with Gasteiger partial charge in [0, 0.05) is 98.7 Å². The fourth-order valence-electron chi connectivity index (χ4n) is 15.1. The highest BCUT2D eigenvalue weighted by Gasteiger charge is 2.30. The van der Waals surface area contributed by atoms with Crippen molar-refractivity contribution in [1.29, 1.82) is 0 Å². The second kappa shape index (κ2) is 23.8. The molecule has 0 amide bonds. The van der Waals surface area contributed by atoms with Crippen LogP contribution in [0.2, 0.25) is 0 Å². The molecule has 6 N–H and O–H groups in total. The number of phenolic OH excluding ortho intramolecular Hbond substituents is 2. The normalized spacial score (nSPS) is 11.8. The fourth-order valence-corrected chi connectivity index (χ4v) is 15.1. The van der Waals surface area contributed by atoms with Gasteiger partial charge in [-0.15, -0.1) is 0 Å². The van der Waals surface area contributed by atoms with Gasteiger partial charge in [0.1, 0.15) is 45.2 Å². The Morgan fingerprint density at radius 1 is 0.170 bits per heavy atom. The van der Waals surface area contributed by atoms with Crippen molar-refractivity contribution in [2.24, 2.45) is 0 Å². The molecule has 4 aliphatic rings. The molecule has 4 aliphatic heterocycles. The van der Waals surface area contributed by atoms with Crippen LogP contribution in [0.3, 0.4) is 0 Å². The maximum atomic E-state index is 11.9. The smallest absolute Gasteiger partial charge is 0.166 e. The Labute approximate surface area is 601 Å². The fraction of sp³-hybridized carbons (Fsp3) is 0. The van der Waals surface area contributed by atoms with Gasteiger partial charge in [0.25, 0.3) is 0 Å². The summed E-state index contributed by atoms with van der Waals surface area (Å²) in [5, 5.41) is 30.6. The quantitative estimate of drug-likeness (QED) is 0.0896. The van der Waals surface area contributed by atoms with Crippen molar-refractivity contribution in [3.63, 3.8) is 0 Å². The number of rotatable bonds is 4. The number of aromatic hydroxyl groups is 2. The molecule has 16 bridgehead atoms. The molecule has 0 spiro atoms. The zero-order valence-electron chi connectivity index (χ0n) is 55.8. The average molecular weight is 1370 g/mol. The number of nitrogens with zero attached hydrogens (tertiary/aromatic N) is 12. The van der Waals surface area contributed by atoms with Crippen molar-refractivity contribution in [2.75, 3.05) is 0 Å². The lowest BCUT2D eigenvalue weighted by Crippen LogP contribution is -1.89. The topological polar surface area (TPSA) is 258 Å². The van der Waals surface area contributed by atoms with Crippen LogP contribution in [0.15, 0.2) is 279 Å². The minimum absolute atomic E-state index is 0.274. The lowest BCUT2D eigenvalue weighted by atomic mass is 9.92. The Kier molecular flexibility index (Phi) is 13.4. The maximum absolute atomic E-state index is 11.9. The van der Waals surface area contributed by atoms with E-state index in [9.17, 15) is 10.2 Å². The Balaban J connectivity index is 0.000000136. The number of phenols is 2. The number of fused-ring (bicyclic) bond motifs is 40. The van der Waals surface area contributed by atoms with Gasteiger partial charge in [0.15, 0.2) is 58.1 Å². The summed E-state index contributed by atoms with van der Waals surface area (Å²) < 4.78 is 0. The lowest BCUT2D eigenvalue weighted by molar-refractivity contribution is 0.407. The van der Waals surface area contributed by atoms with Crippen LogP contribution in [0, 0.1) is 0 Å². The van der Waals surface area contributed by atoms with Gasteiger partial charge in [-0.3, -0.25) is 0 Å². The number of nitrogens with one attached hydrogen (secondary N) is 4. The summed E-state index contributed by atoms with van der Waals surface area (Å²) in [5.41, 5.74) is 17.9. The summed E-state index contributed by atoms with van der Waals surface area (Å²) in [5.74, 6) is 3.58. The average Bonchev–Trinajstić information content (AvgIpc) is 1.47. The second-order valence-electron chi connectivity index (χ2n) is 26.1. The number of aromatic amines is 4. The van der Waals surface area contributed by atoms with Crippen LogP contribution in [0.1, 0.15) is 0 Å². The van der Waals surface area contributed by atoms with E-state index >= 15 is 0 Å². The number of H-pyrrole nitrogens is 4. The van der Waals surface area contributed by atoms with E-state index in [4.69, 9.17) is 59.8 Å². The van der Waals surface area contributed by atoms with E-state index < -0.39 is 0 Å². The predicted octanol–water partition coefficient (Wildman–Crippen LogP) is 19.8. The van der Waals surface area contributed by atoms with Crippen molar-refractivity contribution < 1.29 is 10.2 Å². The number of benzene rings is 12. The van der Waals surface area contributed by atoms with E-state index in [0.717, 1.165) is 99.1 Å². The molecule has 0 unspecified atom stereocenters. The van der Waals surface area contributed by atoms with Gasteiger partial charge in [0.05, 0.1) is 0 Å². The highest BCUT2D eigenvalue weighted by atomic mass is 16.3. The van der Waals surface area contributed by atoms with Gasteiger partial charge >= 0.3 is 0 Å². The van der Waals surface area contributed by atoms with E-state index in [1.54, 1.807) is 0 Å². The van der Waals surface area contributed by atoms with Gasteiger partial charge in [-0.05, 0) is 33.4 Å². The van der Waals surface area contributed by atoms with Crippen molar-refractivity contribution in [3.05, 3.63) is 279 Å². The van der Waals surface area contributed by atoms with Crippen LogP contribution in [-0.2, 0) is 0 Å². The molecule has 106 heavy (non-hydrogen) atoms. The van der Waals surface area contributed by atoms with Crippen molar-refractivity contribution in [2.45, 2.75) is 0 Å². The molecule has 0 saturated carbocycles. The standard InChI is InChI=1S/C44H26N8O2.C44H26N8/c53-35-31(23-13-3-1-4-14-23)33-34(32(36(35)54)24-15-5-2-6-16-24)44-51-42-30-22-12-10-20-28(30)40(49-42)47-38-26-18-8-7-17-25(26)37(45-38)46-39-27-19-9-11-21-29(27)41(48-39)50-43(33)52-44;1-3-13-25(14-4-1)27-23-24-28(26-15-5-2-6-16-26)36-35(27)43-50-41-33-21-11-9-19-31(33)39(48-41)46-37-29-17-7-8-18-30(29)38(45-37)47-40-32-20-10-12-22-34(32)42(49-40)51-44(36)52-43/h1-22,53-54H,(H2,45,46,47,48,49,50,51,52);1-24H,(H2,45,46,47,48,49,50,51,52). The largest absolute Gasteiger partial charge is 0.504 e. The number of hydrogen-bond acceptors (Lipinski definition) is 14. The van der Waals surface area contributed by atoms with E-state index in [0.29, 0.717) is 125 Å². The second-order valence-corrected chi connectivity index (χ2v) is 26.1. The van der Waals surface area contributed by atoms with E-state index in [1.807, 2.05) is 218 Å². The van der Waals surface area contributed by atoms with E-state index in [1.165, 1.54) is 0 Å². The van der Waals surface area contributed by atoms with Gasteiger partial charge in [-0.25, -0.2) is 59.8 Å². The molecular formula is C88H52N16O2. The molecule has 0 saturated heterocycles. The zero-order valence-corrected chi connectivity index (χ0v) is 55.8. The van der Waals surface area contributed by atoms with Crippen LogP contribution in [0.25, 0.3) is 224 Å². The summed E-state index contributed by atoms with van der Waals surface area (Å²) in [6.45, 7) is 0. The molecule has 0 fully saturated rings. The Bertz CT molecular complexity index is 6710. The Morgan fingerprint density at radius 3 is 0.623 bits per heavy atom. The molecule has 496 valence electrons. The third-order valence-electron chi connectivity index (χ3n) is 19.9.